The molecule has 26 heavy (non-hydrogen) atoms. The number of nitrogens with one attached hydrogen (secondary N) is 3. The number of carbonyl (C=O) groups excluding carboxylic acids is 1. The number of benzene rings is 1. The number of anilines is 1. The van der Waals surface area contributed by atoms with Crippen LogP contribution in [0.5, 0.6) is 5.75 Å². The third-order valence-corrected chi connectivity index (χ3v) is 3.28. The lowest BCUT2D eigenvalue weighted by Gasteiger charge is -2.11. The maximum absolute atomic E-state index is 12.0. The lowest BCUT2D eigenvalue weighted by Crippen LogP contribution is -2.41. The number of aliphatic imine (C=N–C) groups is 1. The van der Waals surface area contributed by atoms with E-state index in [-0.39, 0.29) is 36.4 Å². The standard InChI is InChI=1S/C18H23N5O2.HI/c1-3-20-18(21-11-14-6-8-16(25-2)9-7-14)22-13-17(24)23-15-5-4-10-19-12-15;/h4-10,12H,3,11,13H2,1-2H3,(H,23,24)(H2,20,21,22);1H. The lowest BCUT2D eigenvalue weighted by molar-refractivity contribution is -0.115. The van der Waals surface area contributed by atoms with Crippen molar-refractivity contribution >= 4 is 41.5 Å². The van der Waals surface area contributed by atoms with Gasteiger partial charge in [0.2, 0.25) is 5.91 Å². The van der Waals surface area contributed by atoms with Crippen molar-refractivity contribution in [3.63, 3.8) is 0 Å². The van der Waals surface area contributed by atoms with Gasteiger partial charge in [0.15, 0.2) is 5.96 Å². The Labute approximate surface area is 170 Å². The van der Waals surface area contributed by atoms with Crippen molar-refractivity contribution in [2.24, 2.45) is 4.99 Å². The molecule has 0 aliphatic rings. The summed E-state index contributed by atoms with van der Waals surface area (Å²) in [6, 6.07) is 11.3. The summed E-state index contributed by atoms with van der Waals surface area (Å²) in [5.74, 6) is 1.23. The number of pyridine rings is 1. The molecule has 2 aromatic rings. The molecule has 0 saturated heterocycles. The largest absolute Gasteiger partial charge is 0.497 e. The number of halogens is 1. The van der Waals surface area contributed by atoms with Crippen LogP contribution in [0.2, 0.25) is 0 Å². The normalized spacial score (nSPS) is 10.5. The first-order chi connectivity index (χ1) is 12.2. The monoisotopic (exact) mass is 469 g/mol. The van der Waals surface area contributed by atoms with Gasteiger partial charge in [-0.2, -0.15) is 0 Å². The number of ether oxygens (including phenoxy) is 1. The zero-order valence-electron chi connectivity index (χ0n) is 14.9. The molecule has 0 aliphatic carbocycles. The Bertz CT molecular complexity index is 692. The topological polar surface area (TPSA) is 87.6 Å². The zero-order chi connectivity index (χ0) is 17.9. The highest BCUT2D eigenvalue weighted by molar-refractivity contribution is 14.0. The fraction of sp³-hybridized carbons (Fsp3) is 0.278. The second-order valence-electron chi connectivity index (χ2n) is 5.19. The average molecular weight is 469 g/mol. The van der Waals surface area contributed by atoms with Gasteiger partial charge in [0.05, 0.1) is 32.1 Å². The van der Waals surface area contributed by atoms with E-state index in [0.29, 0.717) is 24.7 Å². The summed E-state index contributed by atoms with van der Waals surface area (Å²) in [5.41, 5.74) is 1.72. The zero-order valence-corrected chi connectivity index (χ0v) is 17.2. The molecular weight excluding hydrogens is 445 g/mol. The van der Waals surface area contributed by atoms with Crippen LogP contribution in [0.25, 0.3) is 0 Å². The molecule has 140 valence electrons. The number of hydrogen-bond acceptors (Lipinski definition) is 4. The number of rotatable bonds is 7. The van der Waals surface area contributed by atoms with Gasteiger partial charge in [-0.05, 0) is 36.8 Å². The summed E-state index contributed by atoms with van der Waals surface area (Å²) in [6.45, 7) is 3.30. The number of guanidine groups is 1. The van der Waals surface area contributed by atoms with Crippen LogP contribution in [0.1, 0.15) is 12.5 Å². The van der Waals surface area contributed by atoms with Crippen LogP contribution in [0.3, 0.4) is 0 Å². The van der Waals surface area contributed by atoms with Crippen LogP contribution in [-0.2, 0) is 11.3 Å². The molecule has 0 fully saturated rings. The van der Waals surface area contributed by atoms with Gasteiger partial charge in [0.25, 0.3) is 0 Å². The molecule has 0 unspecified atom stereocenters. The molecule has 0 atom stereocenters. The van der Waals surface area contributed by atoms with Crippen molar-refractivity contribution in [2.75, 3.05) is 25.5 Å². The van der Waals surface area contributed by atoms with E-state index in [2.05, 4.69) is 25.9 Å². The molecule has 0 bridgehead atoms. The maximum atomic E-state index is 12.0. The molecule has 0 saturated carbocycles. The molecule has 0 aliphatic heterocycles. The minimum atomic E-state index is -0.164. The van der Waals surface area contributed by atoms with Crippen molar-refractivity contribution in [1.29, 1.82) is 0 Å². The molecule has 2 rings (SSSR count). The van der Waals surface area contributed by atoms with E-state index in [9.17, 15) is 4.79 Å². The van der Waals surface area contributed by atoms with Gasteiger partial charge in [0, 0.05) is 12.7 Å². The van der Waals surface area contributed by atoms with Crippen molar-refractivity contribution in [1.82, 2.24) is 15.6 Å². The summed E-state index contributed by atoms with van der Waals surface area (Å²) in [5, 5.41) is 8.90. The number of hydrogen-bond donors (Lipinski definition) is 3. The van der Waals surface area contributed by atoms with Crippen LogP contribution >= 0.6 is 24.0 Å². The van der Waals surface area contributed by atoms with Crippen molar-refractivity contribution < 1.29 is 9.53 Å². The smallest absolute Gasteiger partial charge is 0.243 e. The lowest BCUT2D eigenvalue weighted by atomic mass is 10.2. The highest BCUT2D eigenvalue weighted by Gasteiger charge is 2.04. The number of carbonyl (C=O) groups is 1. The molecule has 3 N–H and O–H groups in total. The number of nitrogens with zero attached hydrogens (tertiary/aromatic N) is 2. The summed E-state index contributed by atoms with van der Waals surface area (Å²) < 4.78 is 5.14. The Kier molecular flexibility index (Phi) is 10.1. The van der Waals surface area contributed by atoms with Crippen molar-refractivity contribution in [3.8, 4) is 5.75 Å². The van der Waals surface area contributed by atoms with Crippen LogP contribution in [0, 0.1) is 0 Å². The van der Waals surface area contributed by atoms with Crippen molar-refractivity contribution in [3.05, 3.63) is 54.4 Å². The molecule has 1 heterocycles. The van der Waals surface area contributed by atoms with E-state index in [1.807, 2.05) is 31.2 Å². The van der Waals surface area contributed by atoms with Crippen LogP contribution < -0.4 is 20.7 Å². The number of aromatic nitrogens is 1. The van der Waals surface area contributed by atoms with Crippen LogP contribution in [0.15, 0.2) is 53.8 Å². The average Bonchev–Trinajstić information content (AvgIpc) is 2.65. The van der Waals surface area contributed by atoms with Gasteiger partial charge in [0.1, 0.15) is 5.75 Å². The SMILES string of the molecule is CCNC(=NCc1ccc(OC)cc1)NCC(=O)Nc1cccnc1.I. The van der Waals surface area contributed by atoms with Gasteiger partial charge in [-0.3, -0.25) is 9.78 Å². The third-order valence-electron chi connectivity index (χ3n) is 3.28. The fourth-order valence-corrected chi connectivity index (χ4v) is 2.05. The summed E-state index contributed by atoms with van der Waals surface area (Å²) in [4.78, 5) is 20.4. The van der Waals surface area contributed by atoms with Crippen molar-refractivity contribution in [2.45, 2.75) is 13.5 Å². The predicted molar refractivity (Wildman–Crippen MR) is 114 cm³/mol. The first kappa shape index (κ1) is 21.7. The first-order valence-electron chi connectivity index (χ1n) is 8.06. The van der Waals surface area contributed by atoms with Gasteiger partial charge in [-0.15, -0.1) is 24.0 Å². The Hall–Kier alpha value is -2.36. The van der Waals surface area contributed by atoms with E-state index in [0.717, 1.165) is 11.3 Å². The fourth-order valence-electron chi connectivity index (χ4n) is 2.05. The number of amides is 1. The predicted octanol–water partition coefficient (Wildman–Crippen LogP) is 2.40. The highest BCUT2D eigenvalue weighted by atomic mass is 127. The molecule has 0 spiro atoms. The molecular formula is C18H24IN5O2. The molecule has 0 radical (unpaired) electrons. The Balaban J connectivity index is 0.00000338. The molecule has 1 amide bonds. The van der Waals surface area contributed by atoms with Gasteiger partial charge in [-0.1, -0.05) is 12.1 Å². The minimum Gasteiger partial charge on any atom is -0.497 e. The first-order valence-corrected chi connectivity index (χ1v) is 8.06. The maximum Gasteiger partial charge on any atom is 0.243 e. The Morgan fingerprint density at radius 1 is 1.19 bits per heavy atom. The molecule has 7 nitrogen and oxygen atoms in total. The summed E-state index contributed by atoms with van der Waals surface area (Å²) >= 11 is 0. The number of methoxy groups -OCH3 is 1. The van der Waals surface area contributed by atoms with E-state index in [4.69, 9.17) is 4.74 Å². The van der Waals surface area contributed by atoms with E-state index < -0.39 is 0 Å². The van der Waals surface area contributed by atoms with E-state index in [1.165, 1.54) is 0 Å². The summed E-state index contributed by atoms with van der Waals surface area (Å²) in [7, 11) is 1.64. The Morgan fingerprint density at radius 2 is 1.96 bits per heavy atom. The van der Waals surface area contributed by atoms with Crippen LogP contribution in [-0.4, -0.2) is 37.1 Å². The second kappa shape index (κ2) is 12.1. The molecule has 1 aromatic carbocycles. The second-order valence-corrected chi connectivity index (χ2v) is 5.19. The minimum absolute atomic E-state index is 0. The van der Waals surface area contributed by atoms with Gasteiger partial charge in [-0.25, -0.2) is 4.99 Å². The third kappa shape index (κ3) is 7.68. The van der Waals surface area contributed by atoms with Crippen LogP contribution in [0.4, 0.5) is 5.69 Å². The highest BCUT2D eigenvalue weighted by Crippen LogP contribution is 2.11. The quantitative estimate of drug-likeness (QED) is 0.330. The van der Waals surface area contributed by atoms with Gasteiger partial charge >= 0.3 is 0 Å². The van der Waals surface area contributed by atoms with Gasteiger partial charge < -0.3 is 20.7 Å². The van der Waals surface area contributed by atoms with E-state index in [1.54, 1.807) is 31.6 Å². The summed E-state index contributed by atoms with van der Waals surface area (Å²) in [6.07, 6.45) is 3.25. The van der Waals surface area contributed by atoms with E-state index >= 15 is 0 Å². The molecule has 8 heteroatoms. The Morgan fingerprint density at radius 3 is 2.58 bits per heavy atom. The molecule has 1 aromatic heterocycles.